The van der Waals surface area contributed by atoms with E-state index in [1.807, 2.05) is 24.0 Å². The Labute approximate surface area is 163 Å². The van der Waals surface area contributed by atoms with Gasteiger partial charge in [-0.1, -0.05) is 13.8 Å². The zero-order valence-electron chi connectivity index (χ0n) is 15.5. The first kappa shape index (κ1) is 23.2. The van der Waals surface area contributed by atoms with E-state index >= 15 is 0 Å². The maximum Gasteiger partial charge on any atom is 0.191 e. The van der Waals surface area contributed by atoms with Gasteiger partial charge in [0.25, 0.3) is 0 Å². The van der Waals surface area contributed by atoms with Crippen LogP contribution >= 0.6 is 24.0 Å². The van der Waals surface area contributed by atoms with Crippen molar-refractivity contribution >= 4 is 29.9 Å². The van der Waals surface area contributed by atoms with Crippen molar-refractivity contribution in [1.82, 2.24) is 20.4 Å². The maximum atomic E-state index is 9.20. The van der Waals surface area contributed by atoms with Gasteiger partial charge in [-0.3, -0.25) is 9.67 Å². The number of aliphatic imine (C=N–C) groups is 1. The number of hydrogen-bond donors (Lipinski definition) is 3. The second-order valence-electron chi connectivity index (χ2n) is 6.44. The molecule has 0 aliphatic carbocycles. The van der Waals surface area contributed by atoms with E-state index in [0.717, 1.165) is 45.0 Å². The molecule has 1 atom stereocenters. The molecule has 0 saturated carbocycles. The highest BCUT2D eigenvalue weighted by Crippen LogP contribution is 2.15. The highest BCUT2D eigenvalue weighted by Gasteiger charge is 2.10. The Morgan fingerprint density at radius 3 is 2.67 bits per heavy atom. The normalized spacial score (nSPS) is 12.8. The number of aliphatic hydroxyl groups excluding tert-OH is 1. The Hall–Kier alpha value is -0.830. The molecule has 0 bridgehead atoms. The molecule has 1 aromatic heterocycles. The van der Waals surface area contributed by atoms with Gasteiger partial charge < -0.3 is 15.7 Å². The summed E-state index contributed by atoms with van der Waals surface area (Å²) in [4.78, 5) is 4.68. The highest BCUT2D eigenvalue weighted by atomic mass is 127. The smallest absolute Gasteiger partial charge is 0.191 e. The van der Waals surface area contributed by atoms with Gasteiger partial charge in [-0.2, -0.15) is 5.10 Å². The van der Waals surface area contributed by atoms with Crippen molar-refractivity contribution in [2.45, 2.75) is 47.1 Å². The van der Waals surface area contributed by atoms with Crippen LogP contribution in [-0.4, -0.2) is 47.1 Å². The van der Waals surface area contributed by atoms with Crippen molar-refractivity contribution in [3.05, 3.63) is 18.0 Å². The molecule has 0 saturated heterocycles. The minimum Gasteiger partial charge on any atom is -0.396 e. The number of aryl methyl sites for hydroxylation is 1. The van der Waals surface area contributed by atoms with Crippen molar-refractivity contribution in [2.75, 3.05) is 26.2 Å². The molecule has 1 heterocycles. The monoisotopic (exact) mass is 451 g/mol. The number of guanidine groups is 1. The summed E-state index contributed by atoms with van der Waals surface area (Å²) < 4.78 is 1.93. The van der Waals surface area contributed by atoms with E-state index in [2.05, 4.69) is 41.5 Å². The Morgan fingerprint density at radius 2 is 2.12 bits per heavy atom. The molecule has 1 unspecified atom stereocenters. The van der Waals surface area contributed by atoms with E-state index in [4.69, 9.17) is 0 Å². The topological polar surface area (TPSA) is 74.5 Å². The van der Waals surface area contributed by atoms with Gasteiger partial charge in [0.1, 0.15) is 0 Å². The standard InChI is InChI=1S/C17H33N5O.HI/c1-5-18-17(19-7-8-22-13-15(4)11-21-22)20-12-16(6-9-23)10-14(2)3;/h11,13-14,16,23H,5-10,12H2,1-4H3,(H2,18,19,20);1H. The van der Waals surface area contributed by atoms with Crippen LogP contribution in [0.15, 0.2) is 17.4 Å². The summed E-state index contributed by atoms with van der Waals surface area (Å²) in [5, 5.41) is 20.1. The fraction of sp³-hybridized carbons (Fsp3) is 0.765. The van der Waals surface area contributed by atoms with Crippen LogP contribution in [-0.2, 0) is 6.54 Å². The number of aromatic nitrogens is 2. The Morgan fingerprint density at radius 1 is 1.38 bits per heavy atom. The van der Waals surface area contributed by atoms with Crippen LogP contribution in [0, 0.1) is 18.8 Å². The molecular weight excluding hydrogens is 417 g/mol. The molecule has 0 aromatic carbocycles. The fourth-order valence-electron chi connectivity index (χ4n) is 2.57. The van der Waals surface area contributed by atoms with Gasteiger partial charge in [-0.05, 0) is 44.1 Å². The molecule has 1 aromatic rings. The third-order valence-electron chi connectivity index (χ3n) is 3.59. The van der Waals surface area contributed by atoms with Crippen molar-refractivity contribution in [3.8, 4) is 0 Å². The minimum atomic E-state index is 0. The molecule has 0 radical (unpaired) electrons. The van der Waals surface area contributed by atoms with Crippen molar-refractivity contribution in [1.29, 1.82) is 0 Å². The van der Waals surface area contributed by atoms with Gasteiger partial charge in [0, 0.05) is 32.4 Å². The number of hydrogen-bond acceptors (Lipinski definition) is 3. The molecule has 3 N–H and O–H groups in total. The maximum absolute atomic E-state index is 9.20. The molecule has 0 aliphatic heterocycles. The van der Waals surface area contributed by atoms with Crippen LogP contribution in [0.2, 0.25) is 0 Å². The van der Waals surface area contributed by atoms with Crippen LogP contribution in [0.1, 0.15) is 39.2 Å². The summed E-state index contributed by atoms with van der Waals surface area (Å²) in [6.07, 6.45) is 5.81. The second kappa shape index (κ2) is 13.5. The summed E-state index contributed by atoms with van der Waals surface area (Å²) in [7, 11) is 0. The van der Waals surface area contributed by atoms with Crippen molar-refractivity contribution in [2.24, 2.45) is 16.8 Å². The summed E-state index contributed by atoms with van der Waals surface area (Å²) >= 11 is 0. The van der Waals surface area contributed by atoms with Crippen molar-refractivity contribution in [3.63, 3.8) is 0 Å². The van der Waals surface area contributed by atoms with Crippen LogP contribution in [0.3, 0.4) is 0 Å². The Balaban J connectivity index is 0.00000529. The molecule has 0 spiro atoms. The predicted molar refractivity (Wildman–Crippen MR) is 111 cm³/mol. The van der Waals surface area contributed by atoms with E-state index in [1.54, 1.807) is 0 Å². The van der Waals surface area contributed by atoms with Crippen LogP contribution in [0.4, 0.5) is 0 Å². The lowest BCUT2D eigenvalue weighted by atomic mass is 9.94. The van der Waals surface area contributed by atoms with Gasteiger partial charge >= 0.3 is 0 Å². The number of aliphatic hydroxyl groups is 1. The van der Waals surface area contributed by atoms with Crippen LogP contribution in [0.25, 0.3) is 0 Å². The summed E-state index contributed by atoms with van der Waals surface area (Å²) in [5.41, 5.74) is 1.17. The fourth-order valence-corrected chi connectivity index (χ4v) is 2.57. The lowest BCUT2D eigenvalue weighted by Gasteiger charge is -2.17. The van der Waals surface area contributed by atoms with Gasteiger partial charge in [-0.15, -0.1) is 24.0 Å². The second-order valence-corrected chi connectivity index (χ2v) is 6.44. The summed E-state index contributed by atoms with van der Waals surface area (Å²) in [6, 6.07) is 0. The molecule has 140 valence electrons. The SMILES string of the molecule is CCNC(=NCC(CCO)CC(C)C)NCCn1cc(C)cn1.I. The number of rotatable bonds is 10. The van der Waals surface area contributed by atoms with Gasteiger partial charge in [0.2, 0.25) is 0 Å². The number of nitrogens with zero attached hydrogens (tertiary/aromatic N) is 3. The molecule has 0 aliphatic rings. The molecular formula is C17H34IN5O. The van der Waals surface area contributed by atoms with E-state index in [0.29, 0.717) is 11.8 Å². The van der Waals surface area contributed by atoms with Gasteiger partial charge in [0.15, 0.2) is 5.96 Å². The first-order valence-corrected chi connectivity index (χ1v) is 8.67. The Kier molecular flexibility index (Phi) is 13.0. The minimum absolute atomic E-state index is 0. The third-order valence-corrected chi connectivity index (χ3v) is 3.59. The third kappa shape index (κ3) is 10.1. The Bertz CT molecular complexity index is 462. The van der Waals surface area contributed by atoms with Crippen molar-refractivity contribution < 1.29 is 5.11 Å². The zero-order valence-corrected chi connectivity index (χ0v) is 17.8. The lowest BCUT2D eigenvalue weighted by Crippen LogP contribution is -2.39. The highest BCUT2D eigenvalue weighted by molar-refractivity contribution is 14.0. The van der Waals surface area contributed by atoms with Crippen LogP contribution < -0.4 is 10.6 Å². The van der Waals surface area contributed by atoms with E-state index < -0.39 is 0 Å². The number of nitrogens with one attached hydrogen (secondary N) is 2. The molecule has 7 heteroatoms. The van der Waals surface area contributed by atoms with Crippen LogP contribution in [0.5, 0.6) is 0 Å². The largest absolute Gasteiger partial charge is 0.396 e. The average molecular weight is 451 g/mol. The van der Waals surface area contributed by atoms with E-state index in [-0.39, 0.29) is 30.6 Å². The quantitative estimate of drug-likeness (QED) is 0.290. The predicted octanol–water partition coefficient (Wildman–Crippen LogP) is 2.41. The summed E-state index contributed by atoms with van der Waals surface area (Å²) in [5.74, 6) is 1.90. The molecule has 0 fully saturated rings. The molecule has 6 nitrogen and oxygen atoms in total. The first-order chi connectivity index (χ1) is 11.0. The molecule has 24 heavy (non-hydrogen) atoms. The first-order valence-electron chi connectivity index (χ1n) is 8.67. The average Bonchev–Trinajstić information content (AvgIpc) is 2.89. The van der Waals surface area contributed by atoms with Gasteiger partial charge in [-0.25, -0.2) is 0 Å². The number of halogens is 1. The summed E-state index contributed by atoms with van der Waals surface area (Å²) in [6.45, 7) is 11.9. The molecule has 0 amide bonds. The van der Waals surface area contributed by atoms with E-state index in [9.17, 15) is 5.11 Å². The van der Waals surface area contributed by atoms with Gasteiger partial charge in [0.05, 0.1) is 12.7 Å². The lowest BCUT2D eigenvalue weighted by molar-refractivity contribution is 0.245. The molecule has 1 rings (SSSR count). The van der Waals surface area contributed by atoms with E-state index in [1.165, 1.54) is 5.56 Å². The zero-order chi connectivity index (χ0) is 17.1.